The number of likely N-dealkylation sites (N-methyl/N-ethyl adjacent to an activating group) is 1. The summed E-state index contributed by atoms with van der Waals surface area (Å²) in [6, 6.07) is 5.65. The molecule has 0 aromatic heterocycles. The van der Waals surface area contributed by atoms with Crippen molar-refractivity contribution in [2.45, 2.75) is 0 Å². The Kier molecular flexibility index (Phi) is 4.72. The van der Waals surface area contributed by atoms with Crippen molar-refractivity contribution in [3.8, 4) is 0 Å². The maximum Gasteiger partial charge on any atom is 0.411 e. The van der Waals surface area contributed by atoms with E-state index in [1.807, 2.05) is 19.0 Å². The zero-order valence-corrected chi connectivity index (χ0v) is 9.37. The molecule has 5 heteroatoms. The summed E-state index contributed by atoms with van der Waals surface area (Å²) in [7, 11) is 3.77. The quantitative estimate of drug-likeness (QED) is 0.853. The molecule has 0 bridgehead atoms. The lowest BCUT2D eigenvalue weighted by Crippen LogP contribution is -2.22. The molecule has 0 radical (unpaired) electrons. The lowest BCUT2D eigenvalue weighted by atomic mass is 10.3. The molecule has 88 valence electrons. The van der Waals surface area contributed by atoms with Gasteiger partial charge in [-0.1, -0.05) is 6.07 Å². The van der Waals surface area contributed by atoms with Crippen LogP contribution in [-0.4, -0.2) is 38.2 Å². The predicted molar refractivity (Wildman–Crippen MR) is 59.9 cm³/mol. The van der Waals surface area contributed by atoms with Crippen LogP contribution < -0.4 is 5.32 Å². The van der Waals surface area contributed by atoms with E-state index >= 15 is 0 Å². The summed E-state index contributed by atoms with van der Waals surface area (Å²) in [6.07, 6.45) is -0.576. The van der Waals surface area contributed by atoms with Gasteiger partial charge in [-0.25, -0.2) is 9.18 Å². The zero-order chi connectivity index (χ0) is 12.0. The van der Waals surface area contributed by atoms with Crippen LogP contribution in [0.4, 0.5) is 14.9 Å². The fraction of sp³-hybridized carbons (Fsp3) is 0.364. The molecule has 0 aliphatic heterocycles. The number of carbonyl (C=O) groups is 1. The molecule has 0 aliphatic rings. The summed E-state index contributed by atoms with van der Waals surface area (Å²) < 4.78 is 17.7. The van der Waals surface area contributed by atoms with Crippen molar-refractivity contribution >= 4 is 11.8 Å². The molecule has 0 saturated carbocycles. The molecule has 0 heterocycles. The minimum Gasteiger partial charge on any atom is -0.448 e. The fourth-order valence-corrected chi connectivity index (χ4v) is 1.04. The number of amides is 1. The molecule has 4 nitrogen and oxygen atoms in total. The van der Waals surface area contributed by atoms with Crippen LogP contribution in [0.2, 0.25) is 0 Å². The summed E-state index contributed by atoms with van der Waals surface area (Å²) in [5, 5.41) is 2.44. The lowest BCUT2D eigenvalue weighted by Gasteiger charge is -2.10. The Hall–Kier alpha value is -1.62. The number of rotatable bonds is 4. The molecule has 1 N–H and O–H groups in total. The van der Waals surface area contributed by atoms with Gasteiger partial charge in [0.05, 0.1) is 0 Å². The second-order valence-electron chi connectivity index (χ2n) is 3.57. The number of ether oxygens (including phenoxy) is 1. The maximum atomic E-state index is 12.8. The van der Waals surface area contributed by atoms with Gasteiger partial charge in [0, 0.05) is 12.2 Å². The van der Waals surface area contributed by atoms with Crippen molar-refractivity contribution in [1.29, 1.82) is 0 Å². The summed E-state index contributed by atoms with van der Waals surface area (Å²) in [4.78, 5) is 13.1. The maximum absolute atomic E-state index is 12.8. The SMILES string of the molecule is CN(C)CCOC(=O)Nc1cccc(F)c1. The molecule has 16 heavy (non-hydrogen) atoms. The number of nitrogens with zero attached hydrogens (tertiary/aromatic N) is 1. The second-order valence-corrected chi connectivity index (χ2v) is 3.57. The molecule has 1 rings (SSSR count). The Bertz CT molecular complexity index is 356. The monoisotopic (exact) mass is 226 g/mol. The number of halogens is 1. The van der Waals surface area contributed by atoms with Gasteiger partial charge in [-0.2, -0.15) is 0 Å². The molecule has 1 aromatic carbocycles. The summed E-state index contributed by atoms with van der Waals surface area (Å²) in [5.74, 6) is -0.397. The summed E-state index contributed by atoms with van der Waals surface area (Å²) >= 11 is 0. The second kappa shape index (κ2) is 6.07. The van der Waals surface area contributed by atoms with Crippen molar-refractivity contribution in [2.24, 2.45) is 0 Å². The number of nitrogens with one attached hydrogen (secondary N) is 1. The molecule has 0 fully saturated rings. The smallest absolute Gasteiger partial charge is 0.411 e. The third-order valence-electron chi connectivity index (χ3n) is 1.84. The van der Waals surface area contributed by atoms with Gasteiger partial charge in [0.15, 0.2) is 0 Å². The standard InChI is InChI=1S/C11H15FN2O2/c1-14(2)6-7-16-11(15)13-10-5-3-4-9(12)8-10/h3-5,8H,6-7H2,1-2H3,(H,13,15). The fourth-order valence-electron chi connectivity index (χ4n) is 1.04. The van der Waals surface area contributed by atoms with Crippen molar-refractivity contribution < 1.29 is 13.9 Å². The number of carbonyl (C=O) groups excluding carboxylic acids is 1. The van der Waals surface area contributed by atoms with E-state index in [4.69, 9.17) is 4.74 Å². The van der Waals surface area contributed by atoms with Crippen molar-refractivity contribution in [3.63, 3.8) is 0 Å². The first-order chi connectivity index (χ1) is 7.58. The molecule has 0 spiro atoms. The zero-order valence-electron chi connectivity index (χ0n) is 9.37. The lowest BCUT2D eigenvalue weighted by molar-refractivity contribution is 0.151. The van der Waals surface area contributed by atoms with E-state index in [1.54, 1.807) is 6.07 Å². The van der Waals surface area contributed by atoms with Crippen LogP contribution in [-0.2, 0) is 4.74 Å². The van der Waals surface area contributed by atoms with Gasteiger partial charge in [0.2, 0.25) is 0 Å². The molecular weight excluding hydrogens is 211 g/mol. The van der Waals surface area contributed by atoms with E-state index in [0.29, 0.717) is 18.8 Å². The largest absolute Gasteiger partial charge is 0.448 e. The molecule has 0 atom stereocenters. The van der Waals surface area contributed by atoms with Crippen molar-refractivity contribution in [3.05, 3.63) is 30.1 Å². The summed E-state index contributed by atoms with van der Waals surface area (Å²) in [6.45, 7) is 0.949. The van der Waals surface area contributed by atoms with Gasteiger partial charge in [-0.3, -0.25) is 5.32 Å². The molecular formula is C11H15FN2O2. The minimum absolute atomic E-state index is 0.300. The Morgan fingerprint density at radius 1 is 1.50 bits per heavy atom. The highest BCUT2D eigenvalue weighted by atomic mass is 19.1. The van der Waals surface area contributed by atoms with Gasteiger partial charge in [-0.15, -0.1) is 0 Å². The van der Waals surface area contributed by atoms with E-state index in [2.05, 4.69) is 5.32 Å². The van der Waals surface area contributed by atoms with Gasteiger partial charge >= 0.3 is 6.09 Å². The highest BCUT2D eigenvalue weighted by Gasteiger charge is 2.03. The topological polar surface area (TPSA) is 41.6 Å². The van der Waals surface area contributed by atoms with Crippen LogP contribution >= 0.6 is 0 Å². The third-order valence-corrected chi connectivity index (χ3v) is 1.84. The molecule has 1 aromatic rings. The Labute approximate surface area is 94.0 Å². The van der Waals surface area contributed by atoms with Gasteiger partial charge < -0.3 is 9.64 Å². The normalized spacial score (nSPS) is 10.2. The van der Waals surface area contributed by atoms with Crippen LogP contribution in [0.15, 0.2) is 24.3 Å². The average Bonchev–Trinajstić information content (AvgIpc) is 2.16. The van der Waals surface area contributed by atoms with E-state index in [9.17, 15) is 9.18 Å². The molecule has 0 saturated heterocycles. The molecule has 0 aliphatic carbocycles. The van der Waals surface area contributed by atoms with E-state index in [-0.39, 0.29) is 0 Å². The first-order valence-corrected chi connectivity index (χ1v) is 4.92. The van der Waals surface area contributed by atoms with Crippen LogP contribution in [0.5, 0.6) is 0 Å². The first-order valence-electron chi connectivity index (χ1n) is 4.92. The average molecular weight is 226 g/mol. The molecule has 0 unspecified atom stereocenters. The van der Waals surface area contributed by atoms with Crippen LogP contribution in [0.25, 0.3) is 0 Å². The van der Waals surface area contributed by atoms with Gasteiger partial charge in [0.1, 0.15) is 12.4 Å². The van der Waals surface area contributed by atoms with E-state index < -0.39 is 11.9 Å². The Morgan fingerprint density at radius 3 is 2.88 bits per heavy atom. The van der Waals surface area contributed by atoms with E-state index in [0.717, 1.165) is 0 Å². The summed E-state index contributed by atoms with van der Waals surface area (Å²) in [5.41, 5.74) is 0.384. The number of hydrogen-bond acceptors (Lipinski definition) is 3. The minimum atomic E-state index is -0.576. The van der Waals surface area contributed by atoms with E-state index in [1.165, 1.54) is 18.2 Å². The third kappa shape index (κ3) is 4.75. The Morgan fingerprint density at radius 2 is 2.25 bits per heavy atom. The highest BCUT2D eigenvalue weighted by molar-refractivity contribution is 5.84. The number of anilines is 1. The van der Waals surface area contributed by atoms with Crippen LogP contribution in [0, 0.1) is 5.82 Å². The molecule has 1 amide bonds. The number of hydrogen-bond donors (Lipinski definition) is 1. The van der Waals surface area contributed by atoms with Crippen LogP contribution in [0.1, 0.15) is 0 Å². The first kappa shape index (κ1) is 12.4. The number of benzene rings is 1. The van der Waals surface area contributed by atoms with Gasteiger partial charge in [-0.05, 0) is 32.3 Å². The van der Waals surface area contributed by atoms with Crippen molar-refractivity contribution in [2.75, 3.05) is 32.6 Å². The van der Waals surface area contributed by atoms with Gasteiger partial charge in [0.25, 0.3) is 0 Å². The Balaban J connectivity index is 2.34. The van der Waals surface area contributed by atoms with Crippen LogP contribution in [0.3, 0.4) is 0 Å². The highest BCUT2D eigenvalue weighted by Crippen LogP contribution is 2.09. The van der Waals surface area contributed by atoms with Crippen molar-refractivity contribution in [1.82, 2.24) is 4.90 Å². The predicted octanol–water partition coefficient (Wildman–Crippen LogP) is 1.94.